The molecule has 17 heavy (non-hydrogen) atoms. The number of rotatable bonds is 7. The van der Waals surface area contributed by atoms with Crippen LogP contribution in [0.2, 0.25) is 0 Å². The predicted molar refractivity (Wildman–Crippen MR) is 70.4 cm³/mol. The second-order valence-corrected chi connectivity index (χ2v) is 3.97. The van der Waals surface area contributed by atoms with Crippen LogP contribution in [-0.2, 0) is 4.79 Å². The SMILES string of the molecule is CCCCCCNC(=O)/C=C/c1cccnc1. The van der Waals surface area contributed by atoms with Gasteiger partial charge in [-0.15, -0.1) is 0 Å². The molecule has 1 rings (SSSR count). The second-order valence-electron chi connectivity index (χ2n) is 3.97. The van der Waals surface area contributed by atoms with Crippen LogP contribution in [0.5, 0.6) is 0 Å². The zero-order chi connectivity index (χ0) is 12.3. The topological polar surface area (TPSA) is 42.0 Å². The average Bonchev–Trinajstić information content (AvgIpc) is 2.37. The Morgan fingerprint density at radius 1 is 1.41 bits per heavy atom. The Bertz CT molecular complexity index is 346. The maximum atomic E-state index is 11.4. The molecule has 1 N–H and O–H groups in total. The normalized spacial score (nSPS) is 10.6. The van der Waals surface area contributed by atoms with Gasteiger partial charge in [-0.2, -0.15) is 0 Å². The van der Waals surface area contributed by atoms with Gasteiger partial charge in [-0.1, -0.05) is 32.3 Å². The lowest BCUT2D eigenvalue weighted by molar-refractivity contribution is -0.116. The zero-order valence-corrected chi connectivity index (χ0v) is 10.4. The van der Waals surface area contributed by atoms with E-state index in [2.05, 4.69) is 17.2 Å². The van der Waals surface area contributed by atoms with Gasteiger partial charge in [-0.05, 0) is 24.1 Å². The maximum Gasteiger partial charge on any atom is 0.243 e. The zero-order valence-electron chi connectivity index (χ0n) is 10.4. The molecule has 0 unspecified atom stereocenters. The van der Waals surface area contributed by atoms with E-state index in [9.17, 15) is 4.79 Å². The standard InChI is InChI=1S/C14H20N2O/c1-2-3-4-5-11-16-14(17)9-8-13-7-6-10-15-12-13/h6-10,12H,2-5,11H2,1H3,(H,16,17)/b9-8+. The molecule has 0 aliphatic rings. The van der Waals surface area contributed by atoms with Crippen molar-refractivity contribution < 1.29 is 4.79 Å². The van der Waals surface area contributed by atoms with Gasteiger partial charge in [-0.25, -0.2) is 0 Å². The van der Waals surface area contributed by atoms with Crippen LogP contribution in [0.25, 0.3) is 6.08 Å². The highest BCUT2D eigenvalue weighted by Gasteiger charge is 1.94. The van der Waals surface area contributed by atoms with Crippen molar-refractivity contribution in [2.24, 2.45) is 0 Å². The number of nitrogens with one attached hydrogen (secondary N) is 1. The lowest BCUT2D eigenvalue weighted by atomic mass is 10.2. The van der Waals surface area contributed by atoms with Crippen molar-refractivity contribution >= 4 is 12.0 Å². The first-order valence-electron chi connectivity index (χ1n) is 6.19. The Labute approximate surface area is 103 Å². The van der Waals surface area contributed by atoms with E-state index >= 15 is 0 Å². The number of pyridine rings is 1. The third-order valence-electron chi connectivity index (χ3n) is 2.44. The van der Waals surface area contributed by atoms with E-state index < -0.39 is 0 Å². The molecular formula is C14H20N2O. The van der Waals surface area contributed by atoms with Crippen molar-refractivity contribution in [3.05, 3.63) is 36.2 Å². The van der Waals surface area contributed by atoms with Crippen LogP contribution in [0, 0.1) is 0 Å². The summed E-state index contributed by atoms with van der Waals surface area (Å²) in [5.41, 5.74) is 0.939. The highest BCUT2D eigenvalue weighted by atomic mass is 16.1. The summed E-state index contributed by atoms with van der Waals surface area (Å²) in [7, 11) is 0. The Morgan fingerprint density at radius 3 is 3.00 bits per heavy atom. The summed E-state index contributed by atoms with van der Waals surface area (Å²) in [4.78, 5) is 15.4. The fraction of sp³-hybridized carbons (Fsp3) is 0.429. The first-order valence-corrected chi connectivity index (χ1v) is 6.19. The summed E-state index contributed by atoms with van der Waals surface area (Å²) in [6.07, 6.45) is 11.5. The molecule has 1 amide bonds. The molecule has 1 aromatic rings. The Morgan fingerprint density at radius 2 is 2.29 bits per heavy atom. The Kier molecular flexibility index (Phi) is 6.72. The minimum Gasteiger partial charge on any atom is -0.353 e. The lowest BCUT2D eigenvalue weighted by Crippen LogP contribution is -2.21. The summed E-state index contributed by atoms with van der Waals surface area (Å²) in [6, 6.07) is 3.76. The number of hydrogen-bond donors (Lipinski definition) is 1. The molecule has 0 saturated carbocycles. The third kappa shape index (κ3) is 6.51. The first-order chi connectivity index (χ1) is 8.33. The molecule has 0 spiro atoms. The molecule has 0 bridgehead atoms. The minimum absolute atomic E-state index is 0.0367. The van der Waals surface area contributed by atoms with E-state index in [1.165, 1.54) is 19.3 Å². The van der Waals surface area contributed by atoms with Gasteiger partial charge < -0.3 is 5.32 Å². The minimum atomic E-state index is -0.0367. The van der Waals surface area contributed by atoms with E-state index in [-0.39, 0.29) is 5.91 Å². The number of unbranched alkanes of at least 4 members (excludes halogenated alkanes) is 3. The van der Waals surface area contributed by atoms with Crippen LogP contribution in [0.15, 0.2) is 30.6 Å². The smallest absolute Gasteiger partial charge is 0.243 e. The van der Waals surface area contributed by atoms with E-state index in [1.54, 1.807) is 24.5 Å². The molecule has 1 aromatic heterocycles. The summed E-state index contributed by atoms with van der Waals surface area (Å²) in [5, 5.41) is 2.87. The molecular weight excluding hydrogens is 212 g/mol. The highest BCUT2D eigenvalue weighted by molar-refractivity contribution is 5.91. The quantitative estimate of drug-likeness (QED) is 0.580. The van der Waals surface area contributed by atoms with E-state index in [4.69, 9.17) is 0 Å². The van der Waals surface area contributed by atoms with Crippen LogP contribution in [0.3, 0.4) is 0 Å². The Balaban J connectivity index is 2.19. The van der Waals surface area contributed by atoms with Crippen LogP contribution in [0.4, 0.5) is 0 Å². The van der Waals surface area contributed by atoms with Crippen LogP contribution < -0.4 is 5.32 Å². The molecule has 0 radical (unpaired) electrons. The van der Waals surface area contributed by atoms with Gasteiger partial charge in [0.15, 0.2) is 0 Å². The molecule has 92 valence electrons. The number of aromatic nitrogens is 1. The van der Waals surface area contributed by atoms with Crippen molar-refractivity contribution in [2.45, 2.75) is 32.6 Å². The third-order valence-corrected chi connectivity index (χ3v) is 2.44. The van der Waals surface area contributed by atoms with E-state index in [0.29, 0.717) is 0 Å². The molecule has 3 heteroatoms. The second kappa shape index (κ2) is 8.50. The number of hydrogen-bond acceptors (Lipinski definition) is 2. The van der Waals surface area contributed by atoms with Gasteiger partial charge in [-0.3, -0.25) is 9.78 Å². The van der Waals surface area contributed by atoms with Crippen molar-refractivity contribution in [3.8, 4) is 0 Å². The van der Waals surface area contributed by atoms with Crippen molar-refractivity contribution in [1.29, 1.82) is 0 Å². The highest BCUT2D eigenvalue weighted by Crippen LogP contribution is 1.99. The largest absolute Gasteiger partial charge is 0.353 e. The number of nitrogens with zero attached hydrogens (tertiary/aromatic N) is 1. The first kappa shape index (κ1) is 13.4. The van der Waals surface area contributed by atoms with Gasteiger partial charge in [0.05, 0.1) is 0 Å². The van der Waals surface area contributed by atoms with Gasteiger partial charge in [0.2, 0.25) is 5.91 Å². The van der Waals surface area contributed by atoms with Gasteiger partial charge >= 0.3 is 0 Å². The maximum absolute atomic E-state index is 11.4. The fourth-order valence-corrected chi connectivity index (χ4v) is 1.47. The number of amides is 1. The van der Waals surface area contributed by atoms with Crippen molar-refractivity contribution in [1.82, 2.24) is 10.3 Å². The van der Waals surface area contributed by atoms with Crippen LogP contribution >= 0.6 is 0 Å². The van der Waals surface area contributed by atoms with Crippen LogP contribution in [0.1, 0.15) is 38.2 Å². The molecule has 0 saturated heterocycles. The molecule has 0 aliphatic carbocycles. The predicted octanol–water partition coefficient (Wildman–Crippen LogP) is 2.79. The van der Waals surface area contributed by atoms with Crippen LogP contribution in [-0.4, -0.2) is 17.4 Å². The Hall–Kier alpha value is -1.64. The van der Waals surface area contributed by atoms with E-state index in [1.807, 2.05) is 12.1 Å². The molecule has 0 aliphatic heterocycles. The van der Waals surface area contributed by atoms with Crippen molar-refractivity contribution in [3.63, 3.8) is 0 Å². The van der Waals surface area contributed by atoms with Gasteiger partial charge in [0.1, 0.15) is 0 Å². The summed E-state index contributed by atoms with van der Waals surface area (Å²) in [6.45, 7) is 2.94. The molecule has 3 nitrogen and oxygen atoms in total. The lowest BCUT2D eigenvalue weighted by Gasteiger charge is -2.01. The monoisotopic (exact) mass is 232 g/mol. The van der Waals surface area contributed by atoms with E-state index in [0.717, 1.165) is 18.5 Å². The summed E-state index contributed by atoms with van der Waals surface area (Å²) >= 11 is 0. The fourth-order valence-electron chi connectivity index (χ4n) is 1.47. The van der Waals surface area contributed by atoms with Crippen molar-refractivity contribution in [2.75, 3.05) is 6.54 Å². The molecule has 0 fully saturated rings. The summed E-state index contributed by atoms with van der Waals surface area (Å²) < 4.78 is 0. The van der Waals surface area contributed by atoms with Gasteiger partial charge in [0.25, 0.3) is 0 Å². The number of carbonyl (C=O) groups is 1. The average molecular weight is 232 g/mol. The molecule has 0 aromatic carbocycles. The molecule has 0 atom stereocenters. The number of carbonyl (C=O) groups excluding carboxylic acids is 1. The summed E-state index contributed by atoms with van der Waals surface area (Å²) in [5.74, 6) is -0.0367. The molecule has 1 heterocycles. The van der Waals surface area contributed by atoms with Gasteiger partial charge in [0, 0.05) is 25.0 Å².